The standard InChI is InChI=1S/C15H23FN2O2/c1-3-4-9-20-10-5-8-17-15(19)18-14-11-12(2)6-7-13(14)16/h6-7,11H,3-5,8-10H2,1-2H3,(H2,17,18,19). The third-order valence-electron chi connectivity index (χ3n) is 2.76. The van der Waals surface area contributed by atoms with Gasteiger partial charge in [0.15, 0.2) is 0 Å². The van der Waals surface area contributed by atoms with Gasteiger partial charge in [0.05, 0.1) is 5.69 Å². The zero-order valence-corrected chi connectivity index (χ0v) is 12.2. The van der Waals surface area contributed by atoms with Crippen molar-refractivity contribution in [3.8, 4) is 0 Å². The van der Waals surface area contributed by atoms with Crippen LogP contribution in [0.5, 0.6) is 0 Å². The normalized spacial score (nSPS) is 10.3. The summed E-state index contributed by atoms with van der Waals surface area (Å²) in [4.78, 5) is 11.6. The topological polar surface area (TPSA) is 50.4 Å². The van der Waals surface area contributed by atoms with E-state index in [-0.39, 0.29) is 5.69 Å². The van der Waals surface area contributed by atoms with Gasteiger partial charge in [-0.05, 0) is 37.5 Å². The van der Waals surface area contributed by atoms with Crippen LogP contribution in [-0.2, 0) is 4.74 Å². The zero-order valence-electron chi connectivity index (χ0n) is 12.2. The van der Waals surface area contributed by atoms with Crippen molar-refractivity contribution in [3.05, 3.63) is 29.6 Å². The second-order valence-electron chi connectivity index (χ2n) is 4.68. The minimum Gasteiger partial charge on any atom is -0.381 e. The molecule has 1 aromatic rings. The van der Waals surface area contributed by atoms with E-state index in [0.29, 0.717) is 13.2 Å². The number of hydrogen-bond donors (Lipinski definition) is 2. The first-order valence-electron chi connectivity index (χ1n) is 7.02. The smallest absolute Gasteiger partial charge is 0.319 e. The Labute approximate surface area is 119 Å². The van der Waals surface area contributed by atoms with Gasteiger partial charge in [-0.3, -0.25) is 0 Å². The molecule has 0 spiro atoms. The van der Waals surface area contributed by atoms with E-state index in [4.69, 9.17) is 4.74 Å². The number of amides is 2. The van der Waals surface area contributed by atoms with Crippen molar-refractivity contribution < 1.29 is 13.9 Å². The van der Waals surface area contributed by atoms with Crippen molar-refractivity contribution in [2.45, 2.75) is 33.1 Å². The summed E-state index contributed by atoms with van der Waals surface area (Å²) in [7, 11) is 0. The second-order valence-corrected chi connectivity index (χ2v) is 4.68. The van der Waals surface area contributed by atoms with E-state index >= 15 is 0 Å². The maximum atomic E-state index is 13.4. The summed E-state index contributed by atoms with van der Waals surface area (Å²) < 4.78 is 18.8. The molecule has 0 heterocycles. The van der Waals surface area contributed by atoms with Gasteiger partial charge in [0.2, 0.25) is 0 Å². The highest BCUT2D eigenvalue weighted by atomic mass is 19.1. The van der Waals surface area contributed by atoms with Gasteiger partial charge >= 0.3 is 6.03 Å². The predicted molar refractivity (Wildman–Crippen MR) is 78.5 cm³/mol. The Balaban J connectivity index is 2.19. The summed E-state index contributed by atoms with van der Waals surface area (Å²) in [5.41, 5.74) is 1.09. The highest BCUT2D eigenvalue weighted by molar-refractivity contribution is 5.89. The van der Waals surface area contributed by atoms with Crippen LogP contribution in [0.4, 0.5) is 14.9 Å². The Morgan fingerprint density at radius 3 is 2.80 bits per heavy atom. The molecule has 0 radical (unpaired) electrons. The monoisotopic (exact) mass is 282 g/mol. The number of anilines is 1. The zero-order chi connectivity index (χ0) is 14.8. The van der Waals surface area contributed by atoms with E-state index in [0.717, 1.165) is 31.4 Å². The minimum atomic E-state index is -0.436. The van der Waals surface area contributed by atoms with Crippen LogP contribution in [0.1, 0.15) is 31.7 Å². The van der Waals surface area contributed by atoms with E-state index in [2.05, 4.69) is 17.6 Å². The van der Waals surface area contributed by atoms with Crippen LogP contribution < -0.4 is 10.6 Å². The van der Waals surface area contributed by atoms with Gasteiger partial charge in [-0.25, -0.2) is 9.18 Å². The third-order valence-corrected chi connectivity index (χ3v) is 2.76. The molecule has 2 amide bonds. The molecule has 0 saturated heterocycles. The van der Waals surface area contributed by atoms with Gasteiger partial charge in [0.25, 0.3) is 0 Å². The molecule has 0 aliphatic heterocycles. The lowest BCUT2D eigenvalue weighted by molar-refractivity contribution is 0.129. The van der Waals surface area contributed by atoms with Crippen LogP contribution in [0, 0.1) is 12.7 Å². The molecular formula is C15H23FN2O2. The lowest BCUT2D eigenvalue weighted by atomic mass is 10.2. The van der Waals surface area contributed by atoms with E-state index in [1.165, 1.54) is 6.07 Å². The molecule has 2 N–H and O–H groups in total. The first kappa shape index (κ1) is 16.4. The molecule has 1 rings (SSSR count). The number of urea groups is 1. The maximum Gasteiger partial charge on any atom is 0.319 e. The van der Waals surface area contributed by atoms with Gasteiger partial charge in [-0.1, -0.05) is 19.4 Å². The first-order chi connectivity index (χ1) is 9.63. The number of nitrogens with one attached hydrogen (secondary N) is 2. The van der Waals surface area contributed by atoms with E-state index in [9.17, 15) is 9.18 Å². The van der Waals surface area contributed by atoms with Gasteiger partial charge in [-0.2, -0.15) is 0 Å². The summed E-state index contributed by atoms with van der Waals surface area (Å²) in [5, 5.41) is 5.17. The predicted octanol–water partition coefficient (Wildman–Crippen LogP) is 3.46. The molecule has 20 heavy (non-hydrogen) atoms. The number of carbonyl (C=O) groups excluding carboxylic acids is 1. The van der Waals surface area contributed by atoms with Crippen LogP contribution in [0.2, 0.25) is 0 Å². The highest BCUT2D eigenvalue weighted by Gasteiger charge is 2.06. The second kappa shape index (κ2) is 9.31. The van der Waals surface area contributed by atoms with Crippen molar-refractivity contribution in [1.29, 1.82) is 0 Å². The van der Waals surface area contributed by atoms with Gasteiger partial charge in [0.1, 0.15) is 5.82 Å². The number of benzene rings is 1. The number of carbonyl (C=O) groups is 1. The van der Waals surface area contributed by atoms with E-state index in [1.807, 2.05) is 6.92 Å². The average Bonchev–Trinajstić information content (AvgIpc) is 2.42. The molecule has 4 nitrogen and oxygen atoms in total. The van der Waals surface area contributed by atoms with Gasteiger partial charge in [0, 0.05) is 19.8 Å². The minimum absolute atomic E-state index is 0.196. The van der Waals surface area contributed by atoms with Crippen LogP contribution in [-0.4, -0.2) is 25.8 Å². The molecule has 0 atom stereocenters. The Morgan fingerprint density at radius 2 is 2.05 bits per heavy atom. The SMILES string of the molecule is CCCCOCCCNC(=O)Nc1cc(C)ccc1F. The molecule has 0 aromatic heterocycles. The molecule has 1 aromatic carbocycles. The summed E-state index contributed by atoms with van der Waals surface area (Å²) >= 11 is 0. The van der Waals surface area contributed by atoms with E-state index in [1.54, 1.807) is 12.1 Å². The first-order valence-corrected chi connectivity index (χ1v) is 7.02. The number of aryl methyl sites for hydroxylation is 1. The van der Waals surface area contributed by atoms with Crippen molar-refractivity contribution in [2.24, 2.45) is 0 Å². The fraction of sp³-hybridized carbons (Fsp3) is 0.533. The molecule has 0 aliphatic carbocycles. The molecule has 0 saturated carbocycles. The average molecular weight is 282 g/mol. The fourth-order valence-electron chi connectivity index (χ4n) is 1.63. The van der Waals surface area contributed by atoms with Crippen LogP contribution >= 0.6 is 0 Å². The summed E-state index contributed by atoms with van der Waals surface area (Å²) in [6.45, 7) is 5.84. The number of hydrogen-bond acceptors (Lipinski definition) is 2. The van der Waals surface area contributed by atoms with Crippen LogP contribution in [0.15, 0.2) is 18.2 Å². The largest absolute Gasteiger partial charge is 0.381 e. The lowest BCUT2D eigenvalue weighted by Gasteiger charge is -2.09. The van der Waals surface area contributed by atoms with Crippen molar-refractivity contribution in [3.63, 3.8) is 0 Å². The van der Waals surface area contributed by atoms with Gasteiger partial charge < -0.3 is 15.4 Å². The summed E-state index contributed by atoms with van der Waals surface area (Å²) in [5.74, 6) is -0.436. The molecule has 5 heteroatoms. The van der Waals surface area contributed by atoms with E-state index < -0.39 is 11.8 Å². The van der Waals surface area contributed by atoms with Gasteiger partial charge in [-0.15, -0.1) is 0 Å². The Bertz CT molecular complexity index is 424. The van der Waals surface area contributed by atoms with Crippen LogP contribution in [0.25, 0.3) is 0 Å². The third kappa shape index (κ3) is 6.52. The molecular weight excluding hydrogens is 259 g/mol. The molecule has 0 aliphatic rings. The fourth-order valence-corrected chi connectivity index (χ4v) is 1.63. The number of ether oxygens (including phenoxy) is 1. The maximum absolute atomic E-state index is 13.4. The molecule has 112 valence electrons. The summed E-state index contributed by atoms with van der Waals surface area (Å²) in [6.07, 6.45) is 2.91. The summed E-state index contributed by atoms with van der Waals surface area (Å²) in [6, 6.07) is 4.20. The van der Waals surface area contributed by atoms with Crippen molar-refractivity contribution in [1.82, 2.24) is 5.32 Å². The number of rotatable bonds is 8. The Hall–Kier alpha value is -1.62. The number of halogens is 1. The molecule has 0 unspecified atom stereocenters. The number of unbranched alkanes of at least 4 members (excludes halogenated alkanes) is 1. The lowest BCUT2D eigenvalue weighted by Crippen LogP contribution is -2.30. The Morgan fingerprint density at radius 1 is 1.30 bits per heavy atom. The Kier molecular flexibility index (Phi) is 7.65. The van der Waals surface area contributed by atoms with Crippen molar-refractivity contribution in [2.75, 3.05) is 25.1 Å². The van der Waals surface area contributed by atoms with Crippen molar-refractivity contribution >= 4 is 11.7 Å². The van der Waals surface area contributed by atoms with Crippen LogP contribution in [0.3, 0.4) is 0 Å². The highest BCUT2D eigenvalue weighted by Crippen LogP contribution is 2.15. The molecule has 0 fully saturated rings. The quantitative estimate of drug-likeness (QED) is 0.717. The molecule has 0 bridgehead atoms.